The zero-order chi connectivity index (χ0) is 14.8. The summed E-state index contributed by atoms with van der Waals surface area (Å²) in [6, 6.07) is 10.2. The van der Waals surface area contributed by atoms with E-state index in [4.69, 9.17) is 11.6 Å². The van der Waals surface area contributed by atoms with Crippen LogP contribution in [0, 0.1) is 0 Å². The first kappa shape index (κ1) is 13.9. The van der Waals surface area contributed by atoms with Gasteiger partial charge in [0.1, 0.15) is 0 Å². The number of hydrogen-bond acceptors (Lipinski definition) is 4. The minimum Gasteiger partial charge on any atom is -0.268 e. The van der Waals surface area contributed by atoms with E-state index in [-0.39, 0.29) is 11.1 Å². The van der Waals surface area contributed by atoms with Crippen molar-refractivity contribution in [1.82, 2.24) is 4.98 Å². The molecule has 0 bridgehead atoms. The number of nitrogens with zero attached hydrogens (tertiary/aromatic N) is 2. The Hall–Kier alpha value is -2.11. The minimum atomic E-state index is -0.343. The normalized spacial score (nSPS) is 16.8. The molecular formula is C15H9ClN2O2S. The van der Waals surface area contributed by atoms with E-state index in [1.54, 1.807) is 54.9 Å². The van der Waals surface area contributed by atoms with Crippen LogP contribution in [0.4, 0.5) is 10.5 Å². The number of hydrogen-bond donors (Lipinski definition) is 0. The summed E-state index contributed by atoms with van der Waals surface area (Å²) in [6.45, 7) is 0. The van der Waals surface area contributed by atoms with E-state index in [0.717, 1.165) is 22.2 Å². The zero-order valence-electron chi connectivity index (χ0n) is 10.7. The van der Waals surface area contributed by atoms with Gasteiger partial charge in [0, 0.05) is 17.4 Å². The number of thioether (sulfide) groups is 1. The smallest absolute Gasteiger partial charge is 0.268 e. The number of carbonyl (C=O) groups is 2. The molecule has 1 aliphatic heterocycles. The first-order valence-electron chi connectivity index (χ1n) is 6.09. The van der Waals surface area contributed by atoms with E-state index in [1.165, 1.54) is 0 Å². The maximum atomic E-state index is 12.4. The predicted molar refractivity (Wildman–Crippen MR) is 84.1 cm³/mol. The fourth-order valence-electron chi connectivity index (χ4n) is 1.92. The van der Waals surface area contributed by atoms with Crippen molar-refractivity contribution >= 4 is 46.3 Å². The number of pyridine rings is 1. The number of amides is 2. The molecule has 1 aromatic carbocycles. The molecule has 21 heavy (non-hydrogen) atoms. The third-order valence-corrected chi connectivity index (χ3v) is 3.97. The van der Waals surface area contributed by atoms with Crippen molar-refractivity contribution in [2.45, 2.75) is 0 Å². The Bertz CT molecular complexity index is 746. The van der Waals surface area contributed by atoms with Crippen molar-refractivity contribution in [3.05, 3.63) is 64.3 Å². The van der Waals surface area contributed by atoms with E-state index in [2.05, 4.69) is 4.98 Å². The molecule has 1 aliphatic rings. The number of halogens is 1. The highest BCUT2D eigenvalue weighted by Gasteiger charge is 2.36. The zero-order valence-corrected chi connectivity index (χ0v) is 12.3. The van der Waals surface area contributed by atoms with E-state index < -0.39 is 0 Å². The summed E-state index contributed by atoms with van der Waals surface area (Å²) in [5.41, 5.74) is 1.30. The summed E-state index contributed by atoms with van der Waals surface area (Å²) in [5.74, 6) is -0.343. The summed E-state index contributed by atoms with van der Waals surface area (Å²) in [5, 5.41) is 0.146. The lowest BCUT2D eigenvalue weighted by molar-refractivity contribution is -0.113. The fraction of sp³-hybridized carbons (Fsp3) is 0. The van der Waals surface area contributed by atoms with Crippen LogP contribution in [0.2, 0.25) is 5.02 Å². The second kappa shape index (κ2) is 5.71. The molecule has 3 rings (SSSR count). The van der Waals surface area contributed by atoms with Gasteiger partial charge in [0.15, 0.2) is 0 Å². The van der Waals surface area contributed by atoms with Crippen molar-refractivity contribution < 1.29 is 9.59 Å². The molecule has 2 aromatic rings. The lowest BCUT2D eigenvalue weighted by Crippen LogP contribution is -2.27. The van der Waals surface area contributed by atoms with E-state index >= 15 is 0 Å². The van der Waals surface area contributed by atoms with Crippen LogP contribution in [-0.4, -0.2) is 16.1 Å². The molecule has 0 saturated carbocycles. The highest BCUT2D eigenvalue weighted by atomic mass is 35.5. The maximum Gasteiger partial charge on any atom is 0.298 e. The number of carbonyl (C=O) groups excluding carboxylic acids is 2. The molecule has 0 radical (unpaired) electrons. The highest BCUT2D eigenvalue weighted by molar-refractivity contribution is 8.19. The number of imide groups is 1. The molecule has 0 atom stereocenters. The molecule has 0 aliphatic carbocycles. The van der Waals surface area contributed by atoms with Crippen LogP contribution in [0.5, 0.6) is 0 Å². The van der Waals surface area contributed by atoms with Gasteiger partial charge >= 0.3 is 0 Å². The van der Waals surface area contributed by atoms with Crippen LogP contribution in [0.25, 0.3) is 6.08 Å². The van der Waals surface area contributed by atoms with Gasteiger partial charge in [-0.05, 0) is 53.7 Å². The summed E-state index contributed by atoms with van der Waals surface area (Å²) in [6.07, 6.45) is 4.94. The third-order valence-electron chi connectivity index (χ3n) is 2.86. The fourth-order valence-corrected chi connectivity index (χ4v) is 2.94. The quantitative estimate of drug-likeness (QED) is 0.786. The van der Waals surface area contributed by atoms with Crippen molar-refractivity contribution in [3.8, 4) is 0 Å². The summed E-state index contributed by atoms with van der Waals surface area (Å²) >= 11 is 6.82. The van der Waals surface area contributed by atoms with Gasteiger partial charge in [-0.1, -0.05) is 17.7 Å². The average molecular weight is 317 g/mol. The standard InChI is InChI=1S/C15H9ClN2O2S/c16-11-2-1-3-12(9-11)18-14(19)13(21-15(18)20)8-10-4-6-17-7-5-10/h1-9H/b13-8-. The van der Waals surface area contributed by atoms with Gasteiger partial charge in [0.05, 0.1) is 10.6 Å². The van der Waals surface area contributed by atoms with E-state index in [0.29, 0.717) is 15.6 Å². The van der Waals surface area contributed by atoms with Gasteiger partial charge in [0.2, 0.25) is 0 Å². The third kappa shape index (κ3) is 2.84. The summed E-state index contributed by atoms with van der Waals surface area (Å²) < 4.78 is 0. The Labute approximate surface area is 130 Å². The van der Waals surface area contributed by atoms with Gasteiger partial charge in [-0.2, -0.15) is 0 Å². The molecular weight excluding hydrogens is 308 g/mol. The predicted octanol–water partition coefficient (Wildman–Crippen LogP) is 3.98. The monoisotopic (exact) mass is 316 g/mol. The first-order valence-corrected chi connectivity index (χ1v) is 7.28. The van der Waals surface area contributed by atoms with Crippen molar-refractivity contribution in [2.75, 3.05) is 4.90 Å². The Morgan fingerprint density at radius 3 is 2.62 bits per heavy atom. The largest absolute Gasteiger partial charge is 0.298 e. The molecule has 1 fully saturated rings. The van der Waals surface area contributed by atoms with Gasteiger partial charge in [-0.15, -0.1) is 0 Å². The second-order valence-corrected chi connectivity index (χ2v) is 5.71. The van der Waals surface area contributed by atoms with Crippen molar-refractivity contribution in [3.63, 3.8) is 0 Å². The van der Waals surface area contributed by atoms with Gasteiger partial charge in [-0.3, -0.25) is 14.6 Å². The highest BCUT2D eigenvalue weighted by Crippen LogP contribution is 2.36. The molecule has 6 heteroatoms. The molecule has 1 saturated heterocycles. The Balaban J connectivity index is 1.94. The SMILES string of the molecule is O=C1S/C(=C\c2ccncc2)C(=O)N1c1cccc(Cl)c1. The molecule has 2 heterocycles. The number of benzene rings is 1. The number of rotatable bonds is 2. The van der Waals surface area contributed by atoms with Crippen LogP contribution in [0.1, 0.15) is 5.56 Å². The Kier molecular flexibility index (Phi) is 3.77. The second-order valence-electron chi connectivity index (χ2n) is 4.28. The topological polar surface area (TPSA) is 50.3 Å². The average Bonchev–Trinajstić information content (AvgIpc) is 2.74. The molecule has 104 valence electrons. The van der Waals surface area contributed by atoms with E-state index in [1.807, 2.05) is 0 Å². The molecule has 0 spiro atoms. The van der Waals surface area contributed by atoms with Crippen molar-refractivity contribution in [1.29, 1.82) is 0 Å². The maximum absolute atomic E-state index is 12.4. The van der Waals surface area contributed by atoms with Crippen LogP contribution in [0.3, 0.4) is 0 Å². The molecule has 1 aromatic heterocycles. The number of aromatic nitrogens is 1. The van der Waals surface area contributed by atoms with Gasteiger partial charge in [0.25, 0.3) is 11.1 Å². The Morgan fingerprint density at radius 2 is 1.90 bits per heavy atom. The van der Waals surface area contributed by atoms with Crippen LogP contribution >= 0.6 is 23.4 Å². The lowest BCUT2D eigenvalue weighted by Gasteiger charge is -2.12. The first-order chi connectivity index (χ1) is 10.1. The lowest BCUT2D eigenvalue weighted by atomic mass is 10.2. The molecule has 4 nitrogen and oxygen atoms in total. The van der Waals surface area contributed by atoms with Gasteiger partial charge in [-0.25, -0.2) is 4.90 Å². The minimum absolute atomic E-state index is 0.331. The van der Waals surface area contributed by atoms with Crippen molar-refractivity contribution in [2.24, 2.45) is 0 Å². The Morgan fingerprint density at radius 1 is 1.14 bits per heavy atom. The van der Waals surface area contributed by atoms with Gasteiger partial charge < -0.3 is 0 Å². The van der Waals surface area contributed by atoms with E-state index in [9.17, 15) is 9.59 Å². The summed E-state index contributed by atoms with van der Waals surface area (Å²) in [7, 11) is 0. The molecule has 0 N–H and O–H groups in total. The van der Waals surface area contributed by atoms with Crippen LogP contribution < -0.4 is 4.90 Å². The van der Waals surface area contributed by atoms with Crippen LogP contribution in [-0.2, 0) is 4.79 Å². The molecule has 2 amide bonds. The number of anilines is 1. The van der Waals surface area contributed by atoms with Crippen LogP contribution in [0.15, 0.2) is 53.7 Å². The summed E-state index contributed by atoms with van der Waals surface area (Å²) in [4.78, 5) is 29.9. The molecule has 0 unspecified atom stereocenters.